The third kappa shape index (κ3) is 1.92. The van der Waals surface area contributed by atoms with Gasteiger partial charge in [0.1, 0.15) is 11.8 Å². The van der Waals surface area contributed by atoms with Crippen LogP contribution in [-0.4, -0.2) is 22.1 Å². The van der Waals surface area contributed by atoms with E-state index in [0.717, 1.165) is 0 Å². The van der Waals surface area contributed by atoms with Crippen molar-refractivity contribution in [2.45, 2.75) is 0 Å². The molecule has 14 heavy (non-hydrogen) atoms. The lowest BCUT2D eigenvalue weighted by Crippen LogP contribution is -2.04. The van der Waals surface area contributed by atoms with Gasteiger partial charge in [0.15, 0.2) is 0 Å². The van der Waals surface area contributed by atoms with E-state index in [1.165, 1.54) is 24.3 Å². The Morgan fingerprint density at radius 2 is 2.14 bits per heavy atom. The van der Waals surface area contributed by atoms with E-state index in [9.17, 15) is 14.9 Å². The number of carbonyl (C=O) groups is 1. The molecule has 0 bridgehead atoms. The standard InChI is InChI=1S/C8H6N2O4/c11-8(5-9-12)6-3-1-2-4-7(6)10(13)14/h1-5,12H/b9-5-. The van der Waals surface area contributed by atoms with E-state index in [1.807, 2.05) is 0 Å². The number of para-hydroxylation sites is 1. The number of Topliss-reactive ketones (excluding diaryl/α,β-unsaturated/α-hetero) is 1. The van der Waals surface area contributed by atoms with Gasteiger partial charge in [-0.15, -0.1) is 0 Å². The van der Waals surface area contributed by atoms with Gasteiger partial charge in [-0.05, 0) is 6.07 Å². The molecule has 0 radical (unpaired) electrons. The van der Waals surface area contributed by atoms with Crippen molar-refractivity contribution in [3.63, 3.8) is 0 Å². The highest BCUT2D eigenvalue weighted by Gasteiger charge is 2.17. The van der Waals surface area contributed by atoms with Gasteiger partial charge in [-0.1, -0.05) is 17.3 Å². The van der Waals surface area contributed by atoms with Gasteiger partial charge in [-0.25, -0.2) is 0 Å². The summed E-state index contributed by atoms with van der Waals surface area (Å²) < 4.78 is 0. The summed E-state index contributed by atoms with van der Waals surface area (Å²) in [6.45, 7) is 0. The zero-order valence-electron chi connectivity index (χ0n) is 6.95. The number of nitrogens with zero attached hydrogens (tertiary/aromatic N) is 2. The van der Waals surface area contributed by atoms with Crippen molar-refractivity contribution in [3.8, 4) is 0 Å². The van der Waals surface area contributed by atoms with Crippen LogP contribution in [-0.2, 0) is 0 Å². The number of ketones is 1. The smallest absolute Gasteiger partial charge is 0.280 e. The van der Waals surface area contributed by atoms with Crippen molar-refractivity contribution in [1.29, 1.82) is 0 Å². The van der Waals surface area contributed by atoms with Crippen LogP contribution in [0.5, 0.6) is 0 Å². The van der Waals surface area contributed by atoms with E-state index in [4.69, 9.17) is 5.21 Å². The van der Waals surface area contributed by atoms with E-state index in [-0.39, 0.29) is 11.3 Å². The van der Waals surface area contributed by atoms with Crippen LogP contribution < -0.4 is 0 Å². The Labute approximate surface area is 78.6 Å². The molecule has 1 aromatic carbocycles. The summed E-state index contributed by atoms with van der Waals surface area (Å²) in [5.74, 6) is -0.709. The minimum atomic E-state index is -0.709. The Balaban J connectivity index is 3.20. The fraction of sp³-hybridized carbons (Fsp3) is 0. The van der Waals surface area contributed by atoms with E-state index in [2.05, 4.69) is 5.16 Å². The number of oxime groups is 1. The first-order valence-corrected chi connectivity index (χ1v) is 3.62. The molecule has 0 aliphatic rings. The van der Waals surface area contributed by atoms with Crippen LogP contribution in [0.4, 0.5) is 5.69 Å². The van der Waals surface area contributed by atoms with E-state index in [1.54, 1.807) is 0 Å². The molecule has 6 nitrogen and oxygen atoms in total. The van der Waals surface area contributed by atoms with Crippen LogP contribution in [0.15, 0.2) is 29.4 Å². The van der Waals surface area contributed by atoms with Crippen LogP contribution in [0.25, 0.3) is 0 Å². The second-order valence-corrected chi connectivity index (χ2v) is 2.38. The van der Waals surface area contributed by atoms with Gasteiger partial charge >= 0.3 is 0 Å². The van der Waals surface area contributed by atoms with Crippen molar-refractivity contribution < 1.29 is 14.9 Å². The van der Waals surface area contributed by atoms with Crippen molar-refractivity contribution in [2.24, 2.45) is 5.16 Å². The highest BCUT2D eigenvalue weighted by atomic mass is 16.6. The molecule has 0 aromatic heterocycles. The number of benzene rings is 1. The molecule has 1 rings (SSSR count). The summed E-state index contributed by atoms with van der Waals surface area (Å²) >= 11 is 0. The molecule has 0 spiro atoms. The summed E-state index contributed by atoms with van der Waals surface area (Å²) in [5, 5.41) is 21.1. The molecule has 0 saturated heterocycles. The lowest BCUT2D eigenvalue weighted by Gasteiger charge is -1.96. The van der Waals surface area contributed by atoms with Crippen molar-refractivity contribution in [3.05, 3.63) is 39.9 Å². The Morgan fingerprint density at radius 1 is 1.50 bits per heavy atom. The van der Waals surface area contributed by atoms with E-state index < -0.39 is 10.7 Å². The predicted molar refractivity (Wildman–Crippen MR) is 47.7 cm³/mol. The Kier molecular flexibility index (Phi) is 2.90. The van der Waals surface area contributed by atoms with Crippen LogP contribution in [0.1, 0.15) is 10.4 Å². The first-order chi connectivity index (χ1) is 6.66. The Bertz CT molecular complexity index is 400. The SMILES string of the molecule is O=C(/C=N\O)c1ccccc1[N+](=O)[O-]. The van der Waals surface area contributed by atoms with Crippen LogP contribution in [0.3, 0.4) is 0 Å². The monoisotopic (exact) mass is 194 g/mol. The molecule has 1 aromatic rings. The molecule has 0 heterocycles. The molecule has 72 valence electrons. The molecule has 0 saturated carbocycles. The fourth-order valence-electron chi connectivity index (χ4n) is 0.963. The molecule has 6 heteroatoms. The average Bonchev–Trinajstić information content (AvgIpc) is 2.18. The fourth-order valence-corrected chi connectivity index (χ4v) is 0.963. The molecule has 0 aliphatic heterocycles. The van der Waals surface area contributed by atoms with Crippen molar-refractivity contribution in [2.75, 3.05) is 0 Å². The van der Waals surface area contributed by atoms with E-state index in [0.29, 0.717) is 6.21 Å². The molecule has 0 amide bonds. The van der Waals surface area contributed by atoms with Gasteiger partial charge in [0.25, 0.3) is 5.69 Å². The van der Waals surface area contributed by atoms with Gasteiger partial charge in [0.05, 0.1) is 4.92 Å². The van der Waals surface area contributed by atoms with Crippen LogP contribution in [0, 0.1) is 10.1 Å². The highest BCUT2D eigenvalue weighted by molar-refractivity contribution is 6.36. The second kappa shape index (κ2) is 4.13. The normalized spacial score (nSPS) is 10.3. The minimum absolute atomic E-state index is 0.102. The quantitative estimate of drug-likeness (QED) is 0.257. The highest BCUT2D eigenvalue weighted by Crippen LogP contribution is 2.17. The number of hydrogen-bond acceptors (Lipinski definition) is 5. The maximum absolute atomic E-state index is 11.2. The lowest BCUT2D eigenvalue weighted by atomic mass is 10.1. The number of nitro groups is 1. The van der Waals surface area contributed by atoms with Crippen molar-refractivity contribution >= 4 is 17.7 Å². The van der Waals surface area contributed by atoms with Crippen molar-refractivity contribution in [1.82, 2.24) is 0 Å². The second-order valence-electron chi connectivity index (χ2n) is 2.38. The largest absolute Gasteiger partial charge is 0.411 e. The summed E-state index contributed by atoms with van der Waals surface area (Å²) in [6, 6.07) is 5.44. The molecule has 1 N–H and O–H groups in total. The van der Waals surface area contributed by atoms with Crippen LogP contribution >= 0.6 is 0 Å². The molecule has 0 unspecified atom stereocenters. The third-order valence-corrected chi connectivity index (χ3v) is 1.54. The van der Waals surface area contributed by atoms with Gasteiger partial charge in [-0.3, -0.25) is 14.9 Å². The molecule has 0 fully saturated rings. The van der Waals surface area contributed by atoms with E-state index >= 15 is 0 Å². The van der Waals surface area contributed by atoms with Gasteiger partial charge in [-0.2, -0.15) is 0 Å². The number of carbonyl (C=O) groups excluding carboxylic acids is 1. The maximum atomic E-state index is 11.2. The predicted octanol–water partition coefficient (Wildman–Crippen LogP) is 1.24. The maximum Gasteiger partial charge on any atom is 0.280 e. The number of nitro benzene ring substituents is 1. The first kappa shape index (κ1) is 9.85. The number of hydrogen-bond donors (Lipinski definition) is 1. The lowest BCUT2D eigenvalue weighted by molar-refractivity contribution is -0.385. The molecular formula is C8H6N2O4. The first-order valence-electron chi connectivity index (χ1n) is 3.62. The Hall–Kier alpha value is -2.24. The molecular weight excluding hydrogens is 188 g/mol. The van der Waals surface area contributed by atoms with Gasteiger partial charge < -0.3 is 5.21 Å². The summed E-state index contributed by atoms with van der Waals surface area (Å²) in [6.07, 6.45) is 0.613. The average molecular weight is 194 g/mol. The molecule has 0 aliphatic carbocycles. The zero-order chi connectivity index (χ0) is 10.6. The minimum Gasteiger partial charge on any atom is -0.411 e. The van der Waals surface area contributed by atoms with Gasteiger partial charge in [0, 0.05) is 6.07 Å². The third-order valence-electron chi connectivity index (χ3n) is 1.54. The Morgan fingerprint density at radius 3 is 2.71 bits per heavy atom. The summed E-state index contributed by atoms with van der Waals surface area (Å²) in [4.78, 5) is 21.0. The molecule has 0 atom stereocenters. The van der Waals surface area contributed by atoms with Gasteiger partial charge in [0.2, 0.25) is 5.78 Å². The topological polar surface area (TPSA) is 92.8 Å². The zero-order valence-corrected chi connectivity index (χ0v) is 6.95. The van der Waals surface area contributed by atoms with Crippen LogP contribution in [0.2, 0.25) is 0 Å². The summed E-state index contributed by atoms with van der Waals surface area (Å²) in [5.41, 5.74) is -0.410. The summed E-state index contributed by atoms with van der Waals surface area (Å²) in [7, 11) is 0. The number of rotatable bonds is 3.